The van der Waals surface area contributed by atoms with Crippen LogP contribution in [-0.4, -0.2) is 13.4 Å². The van der Waals surface area contributed by atoms with E-state index in [0.29, 0.717) is 5.56 Å². The van der Waals surface area contributed by atoms with Gasteiger partial charge in [-0.1, -0.05) is 24.3 Å². The number of fused-ring (bicyclic) bond motifs is 1. The zero-order valence-corrected chi connectivity index (χ0v) is 11.8. The summed E-state index contributed by atoms with van der Waals surface area (Å²) in [5.74, 6) is -0.741. The number of hydrogen-bond acceptors (Lipinski definition) is 3. The standard InChI is InChI=1S/C16H12FNO2S/c17-13-4-3-5-14(10-13)21(19,20)11-12-8-9-18-16-7-2-1-6-15(12)16/h1-10H,11H2. The second-order valence-electron chi connectivity index (χ2n) is 4.70. The van der Waals surface area contributed by atoms with Gasteiger partial charge in [-0.3, -0.25) is 4.98 Å². The molecule has 0 aliphatic carbocycles. The van der Waals surface area contributed by atoms with E-state index in [4.69, 9.17) is 0 Å². The van der Waals surface area contributed by atoms with Crippen LogP contribution in [0.3, 0.4) is 0 Å². The Bertz CT molecular complexity index is 902. The maximum Gasteiger partial charge on any atom is 0.182 e. The summed E-state index contributed by atoms with van der Waals surface area (Å²) < 4.78 is 38.0. The minimum absolute atomic E-state index is 0.0107. The molecule has 3 aromatic rings. The highest BCUT2D eigenvalue weighted by Crippen LogP contribution is 2.22. The Balaban J connectivity index is 2.06. The summed E-state index contributed by atoms with van der Waals surface area (Å²) in [5.41, 5.74) is 1.40. The molecule has 0 unspecified atom stereocenters. The van der Waals surface area contributed by atoms with E-state index in [1.165, 1.54) is 18.2 Å². The van der Waals surface area contributed by atoms with Crippen LogP contribution in [-0.2, 0) is 15.6 Å². The van der Waals surface area contributed by atoms with Gasteiger partial charge in [-0.05, 0) is 35.9 Å². The second kappa shape index (κ2) is 5.26. The summed E-state index contributed by atoms with van der Waals surface area (Å²) >= 11 is 0. The van der Waals surface area contributed by atoms with Gasteiger partial charge in [0.1, 0.15) is 5.82 Å². The number of hydrogen-bond donors (Lipinski definition) is 0. The maximum atomic E-state index is 13.2. The highest BCUT2D eigenvalue weighted by molar-refractivity contribution is 7.90. The number of pyridine rings is 1. The highest BCUT2D eigenvalue weighted by atomic mass is 32.2. The van der Waals surface area contributed by atoms with Crippen molar-refractivity contribution in [2.45, 2.75) is 10.6 Å². The van der Waals surface area contributed by atoms with E-state index in [0.717, 1.165) is 17.0 Å². The van der Waals surface area contributed by atoms with Crippen molar-refractivity contribution in [3.8, 4) is 0 Å². The number of sulfone groups is 1. The Hall–Kier alpha value is -2.27. The van der Waals surface area contributed by atoms with Gasteiger partial charge >= 0.3 is 0 Å². The molecule has 0 aliphatic rings. The topological polar surface area (TPSA) is 47.0 Å². The Morgan fingerprint density at radius 3 is 2.62 bits per heavy atom. The first-order chi connectivity index (χ1) is 10.1. The molecule has 1 heterocycles. The summed E-state index contributed by atoms with van der Waals surface area (Å²) in [6.45, 7) is 0. The summed E-state index contributed by atoms with van der Waals surface area (Å²) in [5, 5.41) is 0.792. The number of benzene rings is 2. The van der Waals surface area contributed by atoms with Crippen LogP contribution in [0.5, 0.6) is 0 Å². The molecule has 0 aliphatic heterocycles. The third kappa shape index (κ3) is 2.78. The number of para-hydroxylation sites is 1. The average molecular weight is 301 g/mol. The number of nitrogens with zero attached hydrogens (tertiary/aromatic N) is 1. The van der Waals surface area contributed by atoms with Crippen LogP contribution in [0.25, 0.3) is 10.9 Å². The molecule has 21 heavy (non-hydrogen) atoms. The first-order valence-corrected chi connectivity index (χ1v) is 8.02. The van der Waals surface area contributed by atoms with Gasteiger partial charge in [0.2, 0.25) is 0 Å². The molecule has 3 rings (SSSR count). The first kappa shape index (κ1) is 13.7. The average Bonchev–Trinajstić information content (AvgIpc) is 2.47. The van der Waals surface area contributed by atoms with Crippen molar-refractivity contribution in [2.75, 3.05) is 0 Å². The molecule has 0 bridgehead atoms. The molecule has 106 valence electrons. The van der Waals surface area contributed by atoms with Gasteiger partial charge in [0, 0.05) is 11.6 Å². The Morgan fingerprint density at radius 2 is 1.81 bits per heavy atom. The van der Waals surface area contributed by atoms with Gasteiger partial charge in [0.05, 0.1) is 16.2 Å². The zero-order chi connectivity index (χ0) is 14.9. The fourth-order valence-corrected chi connectivity index (χ4v) is 3.64. The van der Waals surface area contributed by atoms with Crippen LogP contribution in [0.4, 0.5) is 4.39 Å². The quantitative estimate of drug-likeness (QED) is 0.745. The fourth-order valence-electron chi connectivity index (χ4n) is 2.23. The van der Waals surface area contributed by atoms with E-state index in [-0.39, 0.29) is 10.6 Å². The molecule has 0 saturated carbocycles. The Labute approximate surface area is 122 Å². The molecule has 2 aromatic carbocycles. The lowest BCUT2D eigenvalue weighted by molar-refractivity contribution is 0.590. The SMILES string of the molecule is O=S(=O)(Cc1ccnc2ccccc12)c1cccc(F)c1. The molecule has 0 amide bonds. The lowest BCUT2D eigenvalue weighted by Crippen LogP contribution is -2.06. The molecular formula is C16H12FNO2S. The third-order valence-corrected chi connectivity index (χ3v) is 4.90. The van der Waals surface area contributed by atoms with Crippen molar-refractivity contribution in [1.82, 2.24) is 4.98 Å². The van der Waals surface area contributed by atoms with E-state index < -0.39 is 15.7 Å². The predicted octanol–water partition coefficient (Wildman–Crippen LogP) is 3.35. The van der Waals surface area contributed by atoms with Crippen molar-refractivity contribution in [2.24, 2.45) is 0 Å². The Kier molecular flexibility index (Phi) is 3.43. The van der Waals surface area contributed by atoms with Crippen molar-refractivity contribution in [3.63, 3.8) is 0 Å². The van der Waals surface area contributed by atoms with E-state index >= 15 is 0 Å². The van der Waals surface area contributed by atoms with Crippen molar-refractivity contribution < 1.29 is 12.8 Å². The van der Waals surface area contributed by atoms with Gasteiger partial charge in [0.25, 0.3) is 0 Å². The van der Waals surface area contributed by atoms with Crippen LogP contribution in [0.1, 0.15) is 5.56 Å². The lowest BCUT2D eigenvalue weighted by Gasteiger charge is -2.07. The summed E-state index contributed by atoms with van der Waals surface area (Å²) in [4.78, 5) is 4.19. The van der Waals surface area contributed by atoms with Gasteiger partial charge < -0.3 is 0 Å². The summed E-state index contributed by atoms with van der Waals surface area (Å²) in [6.07, 6.45) is 1.58. The van der Waals surface area contributed by atoms with Crippen molar-refractivity contribution >= 4 is 20.7 Å². The lowest BCUT2D eigenvalue weighted by atomic mass is 10.1. The Morgan fingerprint density at radius 1 is 1.00 bits per heavy atom. The number of halogens is 1. The summed E-state index contributed by atoms with van der Waals surface area (Å²) in [7, 11) is -3.60. The zero-order valence-electron chi connectivity index (χ0n) is 11.0. The van der Waals surface area contributed by atoms with Crippen LogP contribution in [0.2, 0.25) is 0 Å². The van der Waals surface area contributed by atoms with E-state index in [1.807, 2.05) is 24.3 Å². The van der Waals surface area contributed by atoms with Crippen LogP contribution in [0, 0.1) is 5.82 Å². The molecule has 0 N–H and O–H groups in total. The fraction of sp³-hybridized carbons (Fsp3) is 0.0625. The minimum atomic E-state index is -3.60. The van der Waals surface area contributed by atoms with E-state index in [1.54, 1.807) is 12.3 Å². The van der Waals surface area contributed by atoms with Gasteiger partial charge in [-0.15, -0.1) is 0 Å². The maximum absolute atomic E-state index is 13.2. The smallest absolute Gasteiger partial charge is 0.182 e. The monoisotopic (exact) mass is 301 g/mol. The van der Waals surface area contributed by atoms with Crippen LogP contribution >= 0.6 is 0 Å². The molecule has 5 heteroatoms. The van der Waals surface area contributed by atoms with E-state index in [2.05, 4.69) is 4.98 Å². The van der Waals surface area contributed by atoms with Gasteiger partial charge in [-0.25, -0.2) is 12.8 Å². The van der Waals surface area contributed by atoms with Crippen LogP contribution < -0.4 is 0 Å². The molecule has 0 radical (unpaired) electrons. The summed E-state index contributed by atoms with van der Waals surface area (Å²) in [6, 6.07) is 14.1. The van der Waals surface area contributed by atoms with Crippen molar-refractivity contribution in [1.29, 1.82) is 0 Å². The van der Waals surface area contributed by atoms with Crippen molar-refractivity contribution in [3.05, 3.63) is 72.2 Å². The normalized spacial score (nSPS) is 11.7. The predicted molar refractivity (Wildman–Crippen MR) is 79.0 cm³/mol. The molecular weight excluding hydrogens is 289 g/mol. The third-order valence-electron chi connectivity index (χ3n) is 3.24. The molecule has 1 aromatic heterocycles. The molecule has 0 atom stereocenters. The number of aromatic nitrogens is 1. The van der Waals surface area contributed by atoms with Gasteiger partial charge in [-0.2, -0.15) is 0 Å². The molecule has 0 spiro atoms. The van der Waals surface area contributed by atoms with Gasteiger partial charge in [0.15, 0.2) is 9.84 Å². The molecule has 3 nitrogen and oxygen atoms in total. The highest BCUT2D eigenvalue weighted by Gasteiger charge is 2.17. The largest absolute Gasteiger partial charge is 0.256 e. The van der Waals surface area contributed by atoms with Crippen LogP contribution in [0.15, 0.2) is 65.7 Å². The van der Waals surface area contributed by atoms with E-state index in [9.17, 15) is 12.8 Å². The minimum Gasteiger partial charge on any atom is -0.256 e. The molecule has 0 fully saturated rings. The second-order valence-corrected chi connectivity index (χ2v) is 6.69. The molecule has 0 saturated heterocycles. The first-order valence-electron chi connectivity index (χ1n) is 6.37. The number of rotatable bonds is 3.